The van der Waals surface area contributed by atoms with Gasteiger partial charge in [-0.25, -0.2) is 0 Å². The number of fused-ring (bicyclic) bond motifs is 1. The Kier molecular flexibility index (Phi) is 1.09. The molecule has 0 aromatic heterocycles. The van der Waals surface area contributed by atoms with Crippen LogP contribution >= 0.6 is 0 Å². The zero-order valence-electron chi connectivity index (χ0n) is 5.78. The Morgan fingerprint density at radius 3 is 3.30 bits per heavy atom. The molecule has 2 unspecified atom stereocenters. The molecular formula is C7H9N3. The molecule has 0 radical (unpaired) electrons. The zero-order chi connectivity index (χ0) is 6.97. The lowest BCUT2D eigenvalue weighted by Gasteiger charge is -2.13. The van der Waals surface area contributed by atoms with Crippen molar-refractivity contribution in [1.29, 1.82) is 0 Å². The van der Waals surface area contributed by atoms with Crippen LogP contribution in [0, 0.1) is 5.92 Å². The Hall–Kier alpha value is -1.12. The van der Waals surface area contributed by atoms with Gasteiger partial charge in [0.05, 0.1) is 5.92 Å². The monoisotopic (exact) mass is 135 g/mol. The van der Waals surface area contributed by atoms with Crippen LogP contribution in [0.3, 0.4) is 0 Å². The number of allylic oxidation sites excluding steroid dienone is 1. The number of hydrazone groups is 1. The standard InChI is InChI=1S/C7H9N3/c1-5-6-3-2-4-8-7(6)10-9-5/h2-4,6-7,10H,1H3. The second-order valence-corrected chi connectivity index (χ2v) is 2.54. The van der Waals surface area contributed by atoms with Crippen molar-refractivity contribution in [3.8, 4) is 0 Å². The summed E-state index contributed by atoms with van der Waals surface area (Å²) in [4.78, 5) is 4.20. The first kappa shape index (κ1) is 5.65. The summed E-state index contributed by atoms with van der Waals surface area (Å²) in [5.74, 6) is 0.394. The predicted octanol–water partition coefficient (Wildman–Crippen LogP) is 0.548. The minimum atomic E-state index is 0.171. The van der Waals surface area contributed by atoms with Crippen LogP contribution in [-0.4, -0.2) is 18.1 Å². The SMILES string of the molecule is CC1=NNC2N=CC=CC12. The van der Waals surface area contributed by atoms with Gasteiger partial charge in [-0.3, -0.25) is 10.4 Å². The van der Waals surface area contributed by atoms with Gasteiger partial charge in [0.2, 0.25) is 0 Å². The minimum absolute atomic E-state index is 0.171. The van der Waals surface area contributed by atoms with Crippen LogP contribution in [0.25, 0.3) is 0 Å². The van der Waals surface area contributed by atoms with Crippen LogP contribution in [0.15, 0.2) is 22.2 Å². The summed E-state index contributed by atoms with van der Waals surface area (Å²) in [5.41, 5.74) is 4.07. The average Bonchev–Trinajstić information content (AvgIpc) is 2.34. The number of hydrogen-bond acceptors (Lipinski definition) is 3. The van der Waals surface area contributed by atoms with Crippen molar-refractivity contribution in [2.75, 3.05) is 0 Å². The zero-order valence-corrected chi connectivity index (χ0v) is 5.78. The van der Waals surface area contributed by atoms with E-state index in [1.165, 1.54) is 0 Å². The molecule has 0 aromatic carbocycles. The smallest absolute Gasteiger partial charge is 0.145 e. The largest absolute Gasteiger partial charge is 0.285 e. The lowest BCUT2D eigenvalue weighted by Crippen LogP contribution is -2.27. The Labute approximate surface area is 59.5 Å². The Bertz CT molecular complexity index is 227. The molecule has 3 nitrogen and oxygen atoms in total. The summed E-state index contributed by atoms with van der Waals surface area (Å²) < 4.78 is 0. The van der Waals surface area contributed by atoms with Crippen molar-refractivity contribution >= 4 is 11.9 Å². The van der Waals surface area contributed by atoms with Gasteiger partial charge in [-0.2, -0.15) is 5.10 Å². The first-order valence-corrected chi connectivity index (χ1v) is 3.37. The molecule has 0 aliphatic carbocycles. The molecule has 2 atom stereocenters. The summed E-state index contributed by atoms with van der Waals surface area (Å²) in [6.45, 7) is 2.02. The summed E-state index contributed by atoms with van der Waals surface area (Å²) in [6, 6.07) is 0. The number of aliphatic imine (C=N–C) groups is 1. The van der Waals surface area contributed by atoms with E-state index in [0.717, 1.165) is 5.71 Å². The number of hydrogen-bond donors (Lipinski definition) is 1. The van der Waals surface area contributed by atoms with E-state index in [2.05, 4.69) is 21.6 Å². The third-order valence-electron chi connectivity index (χ3n) is 1.85. The Morgan fingerprint density at radius 1 is 1.60 bits per heavy atom. The summed E-state index contributed by atoms with van der Waals surface area (Å²) in [6.07, 6.45) is 6.07. The van der Waals surface area contributed by atoms with Gasteiger partial charge in [-0.05, 0) is 13.0 Å². The maximum Gasteiger partial charge on any atom is 0.145 e. The first-order valence-electron chi connectivity index (χ1n) is 3.37. The fourth-order valence-corrected chi connectivity index (χ4v) is 1.23. The molecule has 0 saturated carbocycles. The summed E-state index contributed by atoms with van der Waals surface area (Å²) >= 11 is 0. The molecular weight excluding hydrogens is 126 g/mol. The van der Waals surface area contributed by atoms with Crippen molar-refractivity contribution in [1.82, 2.24) is 5.43 Å². The molecule has 2 aliphatic rings. The molecule has 10 heavy (non-hydrogen) atoms. The van der Waals surface area contributed by atoms with Gasteiger partial charge in [0.15, 0.2) is 0 Å². The molecule has 0 spiro atoms. The highest BCUT2D eigenvalue weighted by atomic mass is 15.4. The van der Waals surface area contributed by atoms with Crippen molar-refractivity contribution in [3.05, 3.63) is 12.2 Å². The van der Waals surface area contributed by atoms with E-state index in [1.807, 2.05) is 19.2 Å². The van der Waals surface area contributed by atoms with Gasteiger partial charge in [-0.15, -0.1) is 0 Å². The molecule has 2 rings (SSSR count). The Balaban J connectivity index is 2.27. The van der Waals surface area contributed by atoms with Crippen molar-refractivity contribution in [2.24, 2.45) is 16.0 Å². The van der Waals surface area contributed by atoms with E-state index in [0.29, 0.717) is 5.92 Å². The molecule has 0 amide bonds. The fraction of sp³-hybridized carbons (Fsp3) is 0.429. The maximum atomic E-state index is 4.20. The molecule has 52 valence electrons. The topological polar surface area (TPSA) is 36.8 Å². The number of nitrogens with zero attached hydrogens (tertiary/aromatic N) is 2. The number of rotatable bonds is 0. The second-order valence-electron chi connectivity index (χ2n) is 2.54. The third-order valence-corrected chi connectivity index (χ3v) is 1.85. The minimum Gasteiger partial charge on any atom is -0.285 e. The lowest BCUT2D eigenvalue weighted by atomic mass is 10.0. The van der Waals surface area contributed by atoms with Crippen LogP contribution < -0.4 is 5.43 Å². The van der Waals surface area contributed by atoms with Gasteiger partial charge in [0, 0.05) is 11.9 Å². The third kappa shape index (κ3) is 0.667. The van der Waals surface area contributed by atoms with Crippen LogP contribution in [0.5, 0.6) is 0 Å². The molecule has 1 N–H and O–H groups in total. The number of nitrogens with one attached hydrogen (secondary N) is 1. The van der Waals surface area contributed by atoms with Crippen LogP contribution in [-0.2, 0) is 0 Å². The van der Waals surface area contributed by atoms with E-state index >= 15 is 0 Å². The van der Waals surface area contributed by atoms with Crippen LogP contribution in [0.1, 0.15) is 6.92 Å². The van der Waals surface area contributed by atoms with Crippen LogP contribution in [0.2, 0.25) is 0 Å². The van der Waals surface area contributed by atoms with Crippen molar-refractivity contribution in [3.63, 3.8) is 0 Å². The summed E-state index contributed by atoms with van der Waals surface area (Å²) in [7, 11) is 0. The second kappa shape index (κ2) is 1.94. The van der Waals surface area contributed by atoms with Gasteiger partial charge in [0.25, 0.3) is 0 Å². The van der Waals surface area contributed by atoms with Gasteiger partial charge in [-0.1, -0.05) is 6.08 Å². The number of dihydropyridines is 1. The first-order chi connectivity index (χ1) is 4.88. The van der Waals surface area contributed by atoms with E-state index in [-0.39, 0.29) is 6.17 Å². The lowest BCUT2D eigenvalue weighted by molar-refractivity contribution is 0.548. The highest BCUT2D eigenvalue weighted by Crippen LogP contribution is 2.17. The Morgan fingerprint density at radius 2 is 2.50 bits per heavy atom. The molecule has 0 bridgehead atoms. The van der Waals surface area contributed by atoms with E-state index in [9.17, 15) is 0 Å². The van der Waals surface area contributed by atoms with E-state index in [1.54, 1.807) is 0 Å². The molecule has 2 heterocycles. The van der Waals surface area contributed by atoms with Crippen LogP contribution in [0.4, 0.5) is 0 Å². The molecule has 2 aliphatic heterocycles. The quantitative estimate of drug-likeness (QED) is 0.517. The molecule has 3 heteroatoms. The average molecular weight is 135 g/mol. The normalized spacial score (nSPS) is 35.1. The molecule has 0 aromatic rings. The van der Waals surface area contributed by atoms with E-state index in [4.69, 9.17) is 0 Å². The highest BCUT2D eigenvalue weighted by Gasteiger charge is 2.26. The van der Waals surface area contributed by atoms with Crippen molar-refractivity contribution < 1.29 is 0 Å². The van der Waals surface area contributed by atoms with Gasteiger partial charge in [0.1, 0.15) is 6.17 Å². The van der Waals surface area contributed by atoms with Crippen molar-refractivity contribution in [2.45, 2.75) is 13.1 Å². The predicted molar refractivity (Wildman–Crippen MR) is 41.2 cm³/mol. The van der Waals surface area contributed by atoms with Gasteiger partial charge < -0.3 is 0 Å². The van der Waals surface area contributed by atoms with E-state index < -0.39 is 0 Å². The highest BCUT2D eigenvalue weighted by molar-refractivity contribution is 5.90. The molecule has 0 fully saturated rings. The molecule has 0 saturated heterocycles. The maximum absolute atomic E-state index is 4.20. The fourth-order valence-electron chi connectivity index (χ4n) is 1.23. The van der Waals surface area contributed by atoms with Gasteiger partial charge >= 0.3 is 0 Å². The summed E-state index contributed by atoms with van der Waals surface area (Å²) in [5, 5.41) is 4.08.